The van der Waals surface area contributed by atoms with Crippen LogP contribution in [-0.2, 0) is 53.1 Å². The Kier molecular flexibility index (Phi) is 15.5. The van der Waals surface area contributed by atoms with E-state index in [1.165, 1.54) is 96.3 Å². The second-order valence-corrected chi connectivity index (χ2v) is 9.01. The molecule has 0 N–H and O–H groups in total. The minimum absolute atomic E-state index is 0. The molecule has 0 aromatic rings. The van der Waals surface area contributed by atoms with Crippen LogP contribution in [0.1, 0.15) is 109 Å². The average Bonchev–Trinajstić information content (AvgIpc) is 2.71. The largest absolute Gasteiger partial charge is 0.328 e. The summed E-state index contributed by atoms with van der Waals surface area (Å²) in [6.45, 7) is 0. The van der Waals surface area contributed by atoms with E-state index < -0.39 is 0 Å². The first-order chi connectivity index (χ1) is 11.9. The molecular weight excluding hydrogens is 563 g/mol. The molecule has 0 saturated heterocycles. The van der Waals surface area contributed by atoms with Crippen LogP contribution in [0.25, 0.3) is 0 Å². The fraction of sp³-hybridized carbons (Fsp3) is 0.875. The first-order valence-electron chi connectivity index (χ1n) is 11.4. The third-order valence-electron chi connectivity index (χ3n) is 7.43. The van der Waals surface area contributed by atoms with Gasteiger partial charge in [-0.25, -0.2) is 0 Å². The Bertz CT molecular complexity index is 244. The molecule has 0 bridgehead atoms. The molecule has 4 fully saturated rings. The van der Waals surface area contributed by atoms with Crippen LogP contribution in [0.2, 0.25) is 0 Å². The first kappa shape index (κ1) is 25.8. The summed E-state index contributed by atoms with van der Waals surface area (Å²) >= 11 is 0. The second-order valence-electron chi connectivity index (χ2n) is 9.01. The SMILES string of the molecule is [CH-]1CCC(C2CCCCC2)CC1.[CH-]1CCC(C2CC[CH-]CC2)CC1.[Re].[Y]. The van der Waals surface area contributed by atoms with Gasteiger partial charge in [-0.3, -0.25) is 0 Å². The Balaban J connectivity index is 0.000000241. The average molecular weight is 605 g/mol. The number of hydrogen-bond donors (Lipinski definition) is 0. The smallest absolute Gasteiger partial charge is 0 e. The molecule has 4 aliphatic carbocycles. The Morgan fingerprint density at radius 1 is 0.385 bits per heavy atom. The number of hydrogen-bond acceptors (Lipinski definition) is 0. The fourth-order valence-electron chi connectivity index (χ4n) is 5.88. The molecule has 0 aromatic carbocycles. The van der Waals surface area contributed by atoms with Gasteiger partial charge in [-0.15, -0.1) is 0 Å². The third-order valence-corrected chi connectivity index (χ3v) is 7.43. The molecule has 4 saturated carbocycles. The van der Waals surface area contributed by atoms with E-state index in [-0.39, 0.29) is 53.1 Å². The van der Waals surface area contributed by atoms with Crippen molar-refractivity contribution in [2.45, 2.75) is 109 Å². The molecule has 2 radical (unpaired) electrons. The van der Waals surface area contributed by atoms with Gasteiger partial charge in [-0.2, -0.15) is 38.5 Å². The molecule has 2 heteroatoms. The van der Waals surface area contributed by atoms with Gasteiger partial charge >= 0.3 is 0 Å². The van der Waals surface area contributed by atoms with Gasteiger partial charge in [0.2, 0.25) is 0 Å². The van der Waals surface area contributed by atoms with Crippen molar-refractivity contribution in [1.82, 2.24) is 0 Å². The van der Waals surface area contributed by atoms with Crippen molar-refractivity contribution in [2.24, 2.45) is 23.7 Å². The van der Waals surface area contributed by atoms with E-state index in [4.69, 9.17) is 0 Å². The maximum atomic E-state index is 2.49. The molecule has 26 heavy (non-hydrogen) atoms. The standard InChI is InChI=1S/C12H21.C12H20.Re.Y/c2*1-3-7-11(8-4-1)12-9-5-2-6-10-12;;/h1,11-12H,2-10H2;1-2,11-12H,3-10H2;;/q-1;-2;;. The zero-order valence-corrected chi connectivity index (χ0v) is 22.6. The summed E-state index contributed by atoms with van der Waals surface area (Å²) in [7, 11) is 0. The summed E-state index contributed by atoms with van der Waals surface area (Å²) < 4.78 is 0. The Labute approximate surface area is 203 Å². The van der Waals surface area contributed by atoms with Gasteiger partial charge < -0.3 is 19.3 Å². The summed E-state index contributed by atoms with van der Waals surface area (Å²) in [6, 6.07) is 0. The van der Waals surface area contributed by atoms with Gasteiger partial charge in [-0.1, -0.05) is 70.6 Å². The summed E-state index contributed by atoms with van der Waals surface area (Å²) in [5.41, 5.74) is 0. The maximum absolute atomic E-state index is 2.49. The van der Waals surface area contributed by atoms with Crippen LogP contribution in [0.4, 0.5) is 0 Å². The van der Waals surface area contributed by atoms with Crippen molar-refractivity contribution >= 4 is 0 Å². The predicted molar refractivity (Wildman–Crippen MR) is 105 cm³/mol. The van der Waals surface area contributed by atoms with Crippen molar-refractivity contribution in [3.05, 3.63) is 19.3 Å². The van der Waals surface area contributed by atoms with Gasteiger partial charge in [-0.05, 0) is 23.7 Å². The quantitative estimate of drug-likeness (QED) is 0.283. The van der Waals surface area contributed by atoms with Gasteiger partial charge in [0.05, 0.1) is 0 Å². The van der Waals surface area contributed by atoms with Crippen molar-refractivity contribution < 1.29 is 53.1 Å². The van der Waals surface area contributed by atoms with Gasteiger partial charge in [0, 0.05) is 53.1 Å². The molecular formula is C24H41ReY-3. The molecule has 0 spiro atoms. The minimum atomic E-state index is 0. The van der Waals surface area contributed by atoms with Crippen LogP contribution >= 0.6 is 0 Å². The van der Waals surface area contributed by atoms with Gasteiger partial charge in [0.15, 0.2) is 0 Å². The Hall–Kier alpha value is 1.77. The summed E-state index contributed by atoms with van der Waals surface area (Å²) in [5, 5.41) is 0. The Morgan fingerprint density at radius 2 is 0.654 bits per heavy atom. The van der Waals surface area contributed by atoms with Crippen LogP contribution in [0.15, 0.2) is 0 Å². The third kappa shape index (κ3) is 9.06. The van der Waals surface area contributed by atoms with Crippen LogP contribution in [0.5, 0.6) is 0 Å². The predicted octanol–water partition coefficient (Wildman–Crippen LogP) is 7.73. The van der Waals surface area contributed by atoms with Crippen LogP contribution in [-0.4, -0.2) is 0 Å². The van der Waals surface area contributed by atoms with E-state index >= 15 is 0 Å². The molecule has 0 atom stereocenters. The topological polar surface area (TPSA) is 0 Å². The van der Waals surface area contributed by atoms with Gasteiger partial charge in [0.1, 0.15) is 0 Å². The molecule has 150 valence electrons. The minimum Gasteiger partial charge on any atom is -0.328 e. The molecule has 0 heterocycles. The van der Waals surface area contributed by atoms with Crippen molar-refractivity contribution in [1.29, 1.82) is 0 Å². The van der Waals surface area contributed by atoms with Crippen LogP contribution in [0, 0.1) is 42.9 Å². The van der Waals surface area contributed by atoms with Crippen LogP contribution < -0.4 is 0 Å². The summed E-state index contributed by atoms with van der Waals surface area (Å²) in [5.74, 6) is 4.40. The zero-order chi connectivity index (χ0) is 16.5. The molecule has 0 unspecified atom stereocenters. The van der Waals surface area contributed by atoms with E-state index in [0.717, 1.165) is 23.7 Å². The zero-order valence-electron chi connectivity index (χ0n) is 17.0. The molecule has 0 nitrogen and oxygen atoms in total. The molecule has 0 aliphatic heterocycles. The Morgan fingerprint density at radius 3 is 0.962 bits per heavy atom. The number of rotatable bonds is 2. The first-order valence-corrected chi connectivity index (χ1v) is 11.4. The van der Waals surface area contributed by atoms with E-state index in [2.05, 4.69) is 19.3 Å². The van der Waals surface area contributed by atoms with E-state index in [9.17, 15) is 0 Å². The van der Waals surface area contributed by atoms with E-state index in [1.54, 1.807) is 12.8 Å². The maximum Gasteiger partial charge on any atom is 0 e. The monoisotopic (exact) mass is 605 g/mol. The van der Waals surface area contributed by atoms with Crippen molar-refractivity contribution in [2.75, 3.05) is 0 Å². The summed E-state index contributed by atoms with van der Waals surface area (Å²) in [6.07, 6.45) is 32.4. The second kappa shape index (κ2) is 15.6. The molecule has 0 amide bonds. The van der Waals surface area contributed by atoms with Crippen molar-refractivity contribution in [3.8, 4) is 0 Å². The molecule has 4 rings (SSSR count). The van der Waals surface area contributed by atoms with E-state index in [0.29, 0.717) is 0 Å². The molecule has 0 aromatic heterocycles. The molecule has 4 aliphatic rings. The van der Waals surface area contributed by atoms with Gasteiger partial charge in [0.25, 0.3) is 0 Å². The normalized spacial score (nSPS) is 26.8. The van der Waals surface area contributed by atoms with Crippen LogP contribution in [0.3, 0.4) is 0 Å². The summed E-state index contributed by atoms with van der Waals surface area (Å²) in [4.78, 5) is 0. The fourth-order valence-corrected chi connectivity index (χ4v) is 5.88. The van der Waals surface area contributed by atoms with Crippen molar-refractivity contribution in [3.63, 3.8) is 0 Å². The van der Waals surface area contributed by atoms with E-state index in [1.807, 2.05) is 0 Å².